The quantitative estimate of drug-likeness (QED) is 0.408. The Morgan fingerprint density at radius 1 is 1.41 bits per heavy atom. The summed E-state index contributed by atoms with van der Waals surface area (Å²) in [6.45, 7) is 6.73. The molecule has 1 saturated heterocycles. The first kappa shape index (κ1) is 21.3. The highest BCUT2D eigenvalue weighted by atomic mass is 19.4. The first-order chi connectivity index (χ1) is 12.9. The largest absolute Gasteiger partial charge is 0.417 e. The molecule has 0 amide bonds. The molecule has 0 saturated carbocycles. The van der Waals surface area contributed by atoms with E-state index in [9.17, 15) is 13.2 Å². The molecule has 27 heavy (non-hydrogen) atoms. The fourth-order valence-corrected chi connectivity index (χ4v) is 2.97. The second-order valence-electron chi connectivity index (χ2n) is 6.50. The Bertz CT molecular complexity index is 592. The molecule has 1 aromatic heterocycles. The molecule has 1 fully saturated rings. The van der Waals surface area contributed by atoms with E-state index in [-0.39, 0.29) is 0 Å². The molecule has 0 radical (unpaired) electrons. The van der Waals surface area contributed by atoms with Gasteiger partial charge in [0, 0.05) is 51.9 Å². The number of likely N-dealkylation sites (tertiary alicyclic amines) is 1. The Labute approximate surface area is 158 Å². The molecule has 2 rings (SSSR count). The second kappa shape index (κ2) is 10.3. The summed E-state index contributed by atoms with van der Waals surface area (Å²) in [6, 6.07) is 2.37. The molecular weight excluding hydrogens is 359 g/mol. The fourth-order valence-electron chi connectivity index (χ4n) is 2.97. The van der Waals surface area contributed by atoms with Gasteiger partial charge in [0.05, 0.1) is 12.2 Å². The molecule has 0 aliphatic carbocycles. The first-order valence-corrected chi connectivity index (χ1v) is 9.23. The Hall–Kier alpha value is -2.03. The number of aliphatic imine (C=N–C) groups is 1. The average Bonchev–Trinajstić information content (AvgIpc) is 3.09. The van der Waals surface area contributed by atoms with Crippen molar-refractivity contribution in [1.82, 2.24) is 15.2 Å². The summed E-state index contributed by atoms with van der Waals surface area (Å²) in [6.07, 6.45) is -1.67. The summed E-state index contributed by atoms with van der Waals surface area (Å²) in [5.74, 6) is 1.87. The molecule has 1 aromatic rings. The van der Waals surface area contributed by atoms with E-state index in [4.69, 9.17) is 4.74 Å². The lowest BCUT2D eigenvalue weighted by molar-refractivity contribution is -0.137. The number of aromatic nitrogens is 1. The summed E-state index contributed by atoms with van der Waals surface area (Å²) in [7, 11) is 1.72. The van der Waals surface area contributed by atoms with Gasteiger partial charge in [-0.05, 0) is 31.9 Å². The minimum Gasteiger partial charge on any atom is -0.384 e. The van der Waals surface area contributed by atoms with Crippen LogP contribution in [0.1, 0.15) is 25.3 Å². The van der Waals surface area contributed by atoms with Crippen LogP contribution in [-0.4, -0.2) is 62.3 Å². The highest BCUT2D eigenvalue weighted by molar-refractivity contribution is 5.80. The molecule has 152 valence electrons. The van der Waals surface area contributed by atoms with Crippen LogP contribution in [0.25, 0.3) is 0 Å². The van der Waals surface area contributed by atoms with Crippen LogP contribution in [0.5, 0.6) is 0 Å². The lowest BCUT2D eigenvalue weighted by Crippen LogP contribution is -2.40. The third-order valence-electron chi connectivity index (χ3n) is 4.32. The predicted octanol–water partition coefficient (Wildman–Crippen LogP) is 2.84. The van der Waals surface area contributed by atoms with Gasteiger partial charge >= 0.3 is 6.18 Å². The van der Waals surface area contributed by atoms with Gasteiger partial charge in [0.1, 0.15) is 5.82 Å². The molecule has 1 unspecified atom stereocenters. The topological polar surface area (TPSA) is 61.8 Å². The summed E-state index contributed by atoms with van der Waals surface area (Å²) >= 11 is 0. The van der Waals surface area contributed by atoms with Crippen molar-refractivity contribution in [1.29, 1.82) is 0 Å². The third-order valence-corrected chi connectivity index (χ3v) is 4.32. The molecule has 9 heteroatoms. The number of alkyl halides is 3. The number of ether oxygens (including phenoxy) is 1. The summed E-state index contributed by atoms with van der Waals surface area (Å²) in [4.78, 5) is 10.7. The average molecular weight is 387 g/mol. The van der Waals surface area contributed by atoms with E-state index in [1.165, 1.54) is 6.07 Å². The van der Waals surface area contributed by atoms with Gasteiger partial charge in [0.25, 0.3) is 0 Å². The number of halogens is 3. The number of nitrogens with one attached hydrogen (secondary N) is 2. The zero-order valence-corrected chi connectivity index (χ0v) is 15.9. The monoisotopic (exact) mass is 387 g/mol. The van der Waals surface area contributed by atoms with Crippen LogP contribution >= 0.6 is 0 Å². The zero-order valence-electron chi connectivity index (χ0n) is 15.9. The Morgan fingerprint density at radius 2 is 2.22 bits per heavy atom. The van der Waals surface area contributed by atoms with Crippen molar-refractivity contribution in [3.8, 4) is 0 Å². The highest BCUT2D eigenvalue weighted by Crippen LogP contribution is 2.28. The van der Waals surface area contributed by atoms with Gasteiger partial charge in [-0.2, -0.15) is 13.2 Å². The van der Waals surface area contributed by atoms with E-state index in [1.54, 1.807) is 7.11 Å². The standard InChI is InChI=1S/C18H28F3N5O/c1-3-22-17(26-10-7-14(12-26)13-27-2)24-9-4-8-23-16-6-5-15(11-25-16)18(19,20)21/h5-6,11,14H,3-4,7-10,12-13H2,1-2H3,(H,22,24)(H,23,25). The van der Waals surface area contributed by atoms with E-state index in [1.807, 2.05) is 6.92 Å². The molecule has 0 bridgehead atoms. The van der Waals surface area contributed by atoms with E-state index >= 15 is 0 Å². The van der Waals surface area contributed by atoms with Crippen molar-refractivity contribution in [2.75, 3.05) is 51.8 Å². The minimum absolute atomic E-state index is 0.431. The lowest BCUT2D eigenvalue weighted by Gasteiger charge is -2.21. The molecule has 2 heterocycles. The minimum atomic E-state index is -4.36. The van der Waals surface area contributed by atoms with Gasteiger partial charge in [-0.15, -0.1) is 0 Å². The molecular formula is C18H28F3N5O. The maximum Gasteiger partial charge on any atom is 0.417 e. The number of methoxy groups -OCH3 is 1. The maximum absolute atomic E-state index is 12.5. The van der Waals surface area contributed by atoms with Crippen LogP contribution in [0, 0.1) is 5.92 Å². The van der Waals surface area contributed by atoms with Gasteiger partial charge in [-0.1, -0.05) is 0 Å². The van der Waals surface area contributed by atoms with Gasteiger partial charge in [0.2, 0.25) is 0 Å². The summed E-state index contributed by atoms with van der Waals surface area (Å²) in [5.41, 5.74) is -0.745. The van der Waals surface area contributed by atoms with Crippen molar-refractivity contribution in [3.05, 3.63) is 23.9 Å². The second-order valence-corrected chi connectivity index (χ2v) is 6.50. The number of hydrogen-bond acceptors (Lipinski definition) is 4. The van der Waals surface area contributed by atoms with Crippen LogP contribution in [0.2, 0.25) is 0 Å². The van der Waals surface area contributed by atoms with Crippen LogP contribution < -0.4 is 10.6 Å². The number of guanidine groups is 1. The van der Waals surface area contributed by atoms with E-state index < -0.39 is 11.7 Å². The van der Waals surface area contributed by atoms with Crippen LogP contribution in [0.4, 0.5) is 19.0 Å². The van der Waals surface area contributed by atoms with E-state index in [0.29, 0.717) is 24.8 Å². The number of hydrogen-bond donors (Lipinski definition) is 2. The van der Waals surface area contributed by atoms with Crippen LogP contribution in [0.3, 0.4) is 0 Å². The van der Waals surface area contributed by atoms with E-state index in [2.05, 4.69) is 25.5 Å². The highest BCUT2D eigenvalue weighted by Gasteiger charge is 2.30. The van der Waals surface area contributed by atoms with Crippen LogP contribution in [0.15, 0.2) is 23.3 Å². The number of nitrogens with zero attached hydrogens (tertiary/aromatic N) is 3. The van der Waals surface area contributed by atoms with Gasteiger partial charge in [0.15, 0.2) is 5.96 Å². The lowest BCUT2D eigenvalue weighted by atomic mass is 10.1. The molecule has 0 spiro atoms. The molecule has 1 aliphatic heterocycles. The van der Waals surface area contributed by atoms with Crippen molar-refractivity contribution in [2.45, 2.75) is 25.9 Å². The van der Waals surface area contributed by atoms with Crippen molar-refractivity contribution < 1.29 is 17.9 Å². The fraction of sp³-hybridized carbons (Fsp3) is 0.667. The molecule has 1 atom stereocenters. The smallest absolute Gasteiger partial charge is 0.384 e. The third kappa shape index (κ3) is 6.89. The molecule has 6 nitrogen and oxygen atoms in total. The molecule has 1 aliphatic rings. The Morgan fingerprint density at radius 3 is 2.85 bits per heavy atom. The zero-order chi connectivity index (χ0) is 19.7. The van der Waals surface area contributed by atoms with Crippen molar-refractivity contribution in [3.63, 3.8) is 0 Å². The number of rotatable bonds is 8. The summed E-state index contributed by atoms with van der Waals surface area (Å²) in [5, 5.41) is 6.34. The van der Waals surface area contributed by atoms with E-state index in [0.717, 1.165) is 57.3 Å². The normalized spacial score (nSPS) is 18.0. The Kier molecular flexibility index (Phi) is 8.15. The maximum atomic E-state index is 12.5. The predicted molar refractivity (Wildman–Crippen MR) is 99.9 cm³/mol. The summed E-state index contributed by atoms with van der Waals surface area (Å²) < 4.78 is 42.8. The Balaban J connectivity index is 1.76. The molecule has 2 N–H and O–H groups in total. The van der Waals surface area contributed by atoms with Crippen molar-refractivity contribution in [2.24, 2.45) is 10.9 Å². The van der Waals surface area contributed by atoms with Crippen LogP contribution in [-0.2, 0) is 10.9 Å². The number of anilines is 1. The van der Waals surface area contributed by atoms with Gasteiger partial charge < -0.3 is 20.3 Å². The van der Waals surface area contributed by atoms with Gasteiger partial charge in [-0.3, -0.25) is 4.99 Å². The van der Waals surface area contributed by atoms with Crippen molar-refractivity contribution >= 4 is 11.8 Å². The SMILES string of the molecule is CCNC(=NCCCNc1ccc(C(F)(F)F)cn1)N1CCC(COC)C1. The molecule has 0 aromatic carbocycles. The van der Waals surface area contributed by atoms with Gasteiger partial charge in [-0.25, -0.2) is 4.98 Å². The first-order valence-electron chi connectivity index (χ1n) is 9.23. The number of pyridine rings is 1.